The fourth-order valence-corrected chi connectivity index (χ4v) is 1.76. The van der Waals surface area contributed by atoms with Gasteiger partial charge < -0.3 is 4.90 Å². The van der Waals surface area contributed by atoms with Crippen LogP contribution >= 0.6 is 24.0 Å². The van der Waals surface area contributed by atoms with Crippen LogP contribution < -0.4 is 0 Å². The maximum atomic E-state index is 10.4. The van der Waals surface area contributed by atoms with Gasteiger partial charge in [0.1, 0.15) is 0 Å². The van der Waals surface area contributed by atoms with E-state index in [0.717, 1.165) is 13.0 Å². The van der Waals surface area contributed by atoms with Crippen molar-refractivity contribution in [3.8, 4) is 0 Å². The summed E-state index contributed by atoms with van der Waals surface area (Å²) >= 11 is 5.24. The molecule has 2 nitrogen and oxygen atoms in total. The molecule has 0 aliphatic carbocycles. The predicted molar refractivity (Wildman–Crippen MR) is 57.6 cm³/mol. The number of carbonyl (C=O) groups is 1. The molecule has 4 heteroatoms. The van der Waals surface area contributed by atoms with Crippen LogP contribution in [0.4, 0.5) is 0 Å². The zero-order valence-electron chi connectivity index (χ0n) is 7.80. The number of nitrogens with zero attached hydrogens (tertiary/aromatic N) is 1. The third kappa shape index (κ3) is 6.30. The van der Waals surface area contributed by atoms with Crippen molar-refractivity contribution in [3.05, 3.63) is 0 Å². The molecule has 0 amide bonds. The third-order valence-corrected chi connectivity index (χ3v) is 2.49. The maximum absolute atomic E-state index is 10.4. The maximum Gasteiger partial charge on any atom is 0.221 e. The molecule has 1 aliphatic heterocycles. The van der Waals surface area contributed by atoms with E-state index in [1.54, 1.807) is 0 Å². The minimum atomic E-state index is -0.202. The van der Waals surface area contributed by atoms with E-state index in [1.807, 2.05) is 0 Å². The first-order valence-electron chi connectivity index (χ1n) is 4.70. The summed E-state index contributed by atoms with van der Waals surface area (Å²) in [6.45, 7) is 3.45. The molecule has 1 aliphatic rings. The zero-order valence-corrected chi connectivity index (χ0v) is 9.37. The van der Waals surface area contributed by atoms with Crippen LogP contribution in [0.3, 0.4) is 0 Å². The second kappa shape index (κ2) is 7.60. The van der Waals surface area contributed by atoms with E-state index in [0.29, 0.717) is 6.42 Å². The third-order valence-electron chi connectivity index (χ3n) is 2.30. The Morgan fingerprint density at radius 2 is 1.85 bits per heavy atom. The Hall–Kier alpha value is 0.210. The monoisotopic (exact) mass is 225 g/mol. The average Bonchev–Trinajstić information content (AvgIpc) is 2.05. The normalized spacial score (nSPS) is 17.9. The molecule has 1 saturated heterocycles. The molecule has 0 aromatic rings. The van der Waals surface area contributed by atoms with Crippen LogP contribution in [0.2, 0.25) is 0 Å². The Kier molecular flexibility index (Phi) is 7.72. The number of halogens is 2. The van der Waals surface area contributed by atoms with Gasteiger partial charge in [0.25, 0.3) is 0 Å². The lowest BCUT2D eigenvalue weighted by Gasteiger charge is -2.25. The van der Waals surface area contributed by atoms with Crippen LogP contribution in [0.15, 0.2) is 0 Å². The lowest BCUT2D eigenvalue weighted by atomic mass is 10.1. The molecule has 0 N–H and O–H groups in total. The first-order valence-corrected chi connectivity index (χ1v) is 5.07. The van der Waals surface area contributed by atoms with E-state index >= 15 is 0 Å². The van der Waals surface area contributed by atoms with Gasteiger partial charge in [-0.25, -0.2) is 0 Å². The summed E-state index contributed by atoms with van der Waals surface area (Å²) < 4.78 is 0. The predicted octanol–water partition coefficient (Wildman–Crippen LogP) is 2.44. The molecule has 0 unspecified atom stereocenters. The lowest BCUT2D eigenvalue weighted by Crippen LogP contribution is -2.30. The molecule has 78 valence electrons. The summed E-state index contributed by atoms with van der Waals surface area (Å²) in [5.41, 5.74) is 0. The van der Waals surface area contributed by atoms with Crippen molar-refractivity contribution in [2.75, 3.05) is 19.6 Å². The quantitative estimate of drug-likeness (QED) is 0.686. The molecular weight excluding hydrogens is 209 g/mol. The molecule has 1 heterocycles. The molecule has 0 atom stereocenters. The fraction of sp³-hybridized carbons (Fsp3) is 0.889. The Balaban J connectivity index is 0.00000144. The molecule has 13 heavy (non-hydrogen) atoms. The molecular formula is C9H17Cl2NO. The molecule has 0 bridgehead atoms. The summed E-state index contributed by atoms with van der Waals surface area (Å²) in [5, 5.41) is -0.202. The smallest absolute Gasteiger partial charge is 0.221 e. The first kappa shape index (κ1) is 13.2. The van der Waals surface area contributed by atoms with Crippen LogP contribution in [-0.4, -0.2) is 29.8 Å². The second-order valence-electron chi connectivity index (χ2n) is 3.36. The summed E-state index contributed by atoms with van der Waals surface area (Å²) in [6, 6.07) is 0. The van der Waals surface area contributed by atoms with Gasteiger partial charge >= 0.3 is 0 Å². The molecule has 0 saturated carbocycles. The van der Waals surface area contributed by atoms with Crippen LogP contribution in [0, 0.1) is 0 Å². The minimum absolute atomic E-state index is 0. The summed E-state index contributed by atoms with van der Waals surface area (Å²) in [4.78, 5) is 12.9. The van der Waals surface area contributed by atoms with E-state index in [-0.39, 0.29) is 17.6 Å². The second-order valence-corrected chi connectivity index (χ2v) is 3.78. The van der Waals surface area contributed by atoms with Crippen molar-refractivity contribution in [2.45, 2.75) is 32.1 Å². The number of rotatable bonds is 4. The standard InChI is InChI=1S/C9H16ClNO.ClH/c10-9(12)5-4-8-11-6-2-1-3-7-11;/h1-8H2;1H. The topological polar surface area (TPSA) is 20.3 Å². The van der Waals surface area contributed by atoms with Gasteiger partial charge in [0.05, 0.1) is 0 Å². The van der Waals surface area contributed by atoms with Gasteiger partial charge in [-0.1, -0.05) is 6.42 Å². The zero-order chi connectivity index (χ0) is 8.81. The van der Waals surface area contributed by atoms with E-state index < -0.39 is 0 Å². The van der Waals surface area contributed by atoms with Crippen molar-refractivity contribution in [1.82, 2.24) is 4.90 Å². The van der Waals surface area contributed by atoms with Gasteiger partial charge in [-0.2, -0.15) is 0 Å². The summed E-state index contributed by atoms with van der Waals surface area (Å²) in [7, 11) is 0. The Bertz CT molecular complexity index is 147. The number of piperidine rings is 1. The van der Waals surface area contributed by atoms with E-state index in [4.69, 9.17) is 11.6 Å². The Morgan fingerprint density at radius 3 is 2.38 bits per heavy atom. The Morgan fingerprint density at radius 1 is 1.23 bits per heavy atom. The number of hydrogen-bond acceptors (Lipinski definition) is 2. The van der Waals surface area contributed by atoms with Crippen molar-refractivity contribution in [3.63, 3.8) is 0 Å². The highest BCUT2D eigenvalue weighted by molar-refractivity contribution is 6.63. The van der Waals surface area contributed by atoms with Crippen LogP contribution in [0.25, 0.3) is 0 Å². The van der Waals surface area contributed by atoms with Crippen molar-refractivity contribution < 1.29 is 4.79 Å². The van der Waals surface area contributed by atoms with Crippen LogP contribution in [-0.2, 0) is 4.79 Å². The number of carbonyl (C=O) groups excluding carboxylic acids is 1. The summed E-state index contributed by atoms with van der Waals surface area (Å²) in [5.74, 6) is 0. The molecule has 1 rings (SSSR count). The van der Waals surface area contributed by atoms with Gasteiger partial charge in [0.2, 0.25) is 5.24 Å². The molecule has 1 fully saturated rings. The first-order chi connectivity index (χ1) is 5.79. The van der Waals surface area contributed by atoms with Crippen molar-refractivity contribution in [2.24, 2.45) is 0 Å². The van der Waals surface area contributed by atoms with Crippen LogP contribution in [0.5, 0.6) is 0 Å². The number of hydrogen-bond donors (Lipinski definition) is 0. The molecule has 0 radical (unpaired) electrons. The highest BCUT2D eigenvalue weighted by Gasteiger charge is 2.09. The van der Waals surface area contributed by atoms with Gasteiger partial charge in [0, 0.05) is 6.42 Å². The average molecular weight is 226 g/mol. The highest BCUT2D eigenvalue weighted by atomic mass is 35.5. The van der Waals surface area contributed by atoms with Gasteiger partial charge in [0.15, 0.2) is 0 Å². The van der Waals surface area contributed by atoms with E-state index in [2.05, 4.69) is 4.90 Å². The molecule has 0 aromatic carbocycles. The van der Waals surface area contributed by atoms with Crippen LogP contribution in [0.1, 0.15) is 32.1 Å². The van der Waals surface area contributed by atoms with E-state index in [9.17, 15) is 4.79 Å². The number of likely N-dealkylation sites (tertiary alicyclic amines) is 1. The van der Waals surface area contributed by atoms with Gasteiger partial charge in [-0.15, -0.1) is 12.4 Å². The minimum Gasteiger partial charge on any atom is -0.303 e. The largest absolute Gasteiger partial charge is 0.303 e. The molecule has 0 spiro atoms. The summed E-state index contributed by atoms with van der Waals surface area (Å²) in [6.07, 6.45) is 5.44. The molecule has 0 aromatic heterocycles. The highest BCUT2D eigenvalue weighted by Crippen LogP contribution is 2.09. The lowest BCUT2D eigenvalue weighted by molar-refractivity contribution is -0.111. The SMILES string of the molecule is Cl.O=C(Cl)CCCN1CCCCC1. The van der Waals surface area contributed by atoms with Crippen molar-refractivity contribution >= 4 is 29.3 Å². The Labute approximate surface area is 91.0 Å². The van der Waals surface area contributed by atoms with Gasteiger partial charge in [-0.05, 0) is 50.5 Å². The van der Waals surface area contributed by atoms with E-state index in [1.165, 1.54) is 32.4 Å². The van der Waals surface area contributed by atoms with Gasteiger partial charge in [-0.3, -0.25) is 4.79 Å². The fourth-order valence-electron chi connectivity index (χ4n) is 1.62. The van der Waals surface area contributed by atoms with Crippen molar-refractivity contribution in [1.29, 1.82) is 0 Å².